The Labute approximate surface area is 191 Å². The second-order valence-electron chi connectivity index (χ2n) is 7.99. The van der Waals surface area contributed by atoms with Gasteiger partial charge in [0.05, 0.1) is 13.2 Å². The fraction of sp³-hybridized carbons (Fsp3) is 0.600. The van der Waals surface area contributed by atoms with Crippen molar-refractivity contribution in [3.05, 3.63) is 12.7 Å². The van der Waals surface area contributed by atoms with Gasteiger partial charge in [0.1, 0.15) is 6.04 Å². The normalized spacial score (nSPS) is 13.9. The molecule has 180 valence electrons. The molecule has 2 aromatic rings. The minimum atomic E-state index is -1.13. The molecule has 13 heteroatoms. The Balaban J connectivity index is 1.33. The number of imidazole rings is 1. The molecule has 0 spiro atoms. The molecule has 1 atom stereocenters. The van der Waals surface area contributed by atoms with Gasteiger partial charge in [0.2, 0.25) is 5.52 Å². The number of hydrogen-bond acceptors (Lipinski definition) is 7. The number of fused-ring (bicyclic) bond motifs is 1. The highest BCUT2D eigenvalue weighted by Gasteiger charge is 2.25. The number of amides is 1. The first-order valence-corrected chi connectivity index (χ1v) is 11.1. The number of aliphatic imine (C=N–C) groups is 1. The van der Waals surface area contributed by atoms with Crippen LogP contribution >= 0.6 is 0 Å². The Morgan fingerprint density at radius 2 is 2.09 bits per heavy atom. The molecule has 13 nitrogen and oxygen atoms in total. The summed E-state index contributed by atoms with van der Waals surface area (Å²) in [6, 6.07) is -0.543. The van der Waals surface area contributed by atoms with Crippen LogP contribution in [0.2, 0.25) is 0 Å². The summed E-state index contributed by atoms with van der Waals surface area (Å²) in [5.74, 6) is -0.357. The van der Waals surface area contributed by atoms with Gasteiger partial charge < -0.3 is 31.9 Å². The average Bonchev–Trinajstić information content (AvgIpc) is 3.49. The molecule has 1 fully saturated rings. The molecule has 0 aliphatic heterocycles. The van der Waals surface area contributed by atoms with E-state index in [0.717, 1.165) is 36.4 Å². The van der Waals surface area contributed by atoms with Gasteiger partial charge in [-0.25, -0.2) is 14.2 Å². The summed E-state index contributed by atoms with van der Waals surface area (Å²) < 4.78 is 7.15. The number of nitrogens with two attached hydrogens (primary N) is 2. The van der Waals surface area contributed by atoms with Crippen LogP contribution in [0, 0.1) is 0 Å². The highest BCUT2D eigenvalue weighted by molar-refractivity contribution is 5.80. The van der Waals surface area contributed by atoms with Crippen LogP contribution in [0.25, 0.3) is 11.2 Å². The van der Waals surface area contributed by atoms with Crippen LogP contribution in [0.3, 0.4) is 0 Å². The monoisotopic (exact) mass is 462 g/mol. The van der Waals surface area contributed by atoms with E-state index in [1.165, 1.54) is 12.8 Å². The zero-order valence-electron chi connectivity index (χ0n) is 18.5. The molecule has 33 heavy (non-hydrogen) atoms. The SMILES string of the molecule is NC(N)=NCCC[C@@H](NC(=O)OCCCCC[n+]1c[nH]c2c(NC3CC3)ncnc21)C(=O)O. The Morgan fingerprint density at radius 3 is 2.82 bits per heavy atom. The summed E-state index contributed by atoms with van der Waals surface area (Å²) in [6.07, 6.45) is 8.05. The number of ether oxygens (including phenoxy) is 1. The lowest BCUT2D eigenvalue weighted by Gasteiger charge is -2.14. The van der Waals surface area contributed by atoms with Crippen molar-refractivity contribution in [2.24, 2.45) is 16.5 Å². The first-order valence-electron chi connectivity index (χ1n) is 11.1. The predicted molar refractivity (Wildman–Crippen MR) is 120 cm³/mol. The van der Waals surface area contributed by atoms with Crippen LogP contribution in [0.5, 0.6) is 0 Å². The number of aryl methyl sites for hydroxylation is 1. The van der Waals surface area contributed by atoms with Gasteiger partial charge in [0.25, 0.3) is 0 Å². The number of aromatic nitrogens is 4. The Kier molecular flexibility index (Phi) is 8.61. The van der Waals surface area contributed by atoms with Crippen LogP contribution in [-0.4, -0.2) is 63.3 Å². The molecule has 0 aromatic carbocycles. The van der Waals surface area contributed by atoms with Gasteiger partial charge in [-0.05, 0) is 44.9 Å². The van der Waals surface area contributed by atoms with Crippen LogP contribution in [-0.2, 0) is 16.1 Å². The quantitative estimate of drug-likeness (QED) is 0.0984. The minimum absolute atomic E-state index is 0.0547. The zero-order chi connectivity index (χ0) is 23.6. The Morgan fingerprint density at radius 1 is 1.27 bits per heavy atom. The van der Waals surface area contributed by atoms with Crippen molar-refractivity contribution in [1.82, 2.24) is 20.3 Å². The van der Waals surface area contributed by atoms with E-state index < -0.39 is 18.1 Å². The molecular weight excluding hydrogens is 430 g/mol. The first kappa shape index (κ1) is 24.0. The number of guanidine groups is 1. The van der Waals surface area contributed by atoms with Gasteiger partial charge in [0, 0.05) is 12.6 Å². The largest absolute Gasteiger partial charge is 0.480 e. The number of anilines is 1. The number of aromatic amines is 1. The van der Waals surface area contributed by atoms with E-state index in [0.29, 0.717) is 25.4 Å². The molecule has 1 aliphatic rings. The maximum Gasteiger partial charge on any atom is 0.407 e. The molecule has 0 saturated heterocycles. The fourth-order valence-electron chi connectivity index (χ4n) is 3.30. The van der Waals surface area contributed by atoms with E-state index in [1.54, 1.807) is 6.33 Å². The number of carboxylic acids is 1. The predicted octanol–water partition coefficient (Wildman–Crippen LogP) is 0.223. The maximum absolute atomic E-state index is 11.9. The van der Waals surface area contributed by atoms with Crippen molar-refractivity contribution in [1.29, 1.82) is 0 Å². The third-order valence-corrected chi connectivity index (χ3v) is 5.19. The summed E-state index contributed by atoms with van der Waals surface area (Å²) >= 11 is 0. The van der Waals surface area contributed by atoms with Gasteiger partial charge in [0.15, 0.2) is 24.4 Å². The van der Waals surface area contributed by atoms with Gasteiger partial charge in [-0.3, -0.25) is 9.98 Å². The number of carbonyl (C=O) groups is 2. The number of alkyl carbamates (subject to hydrolysis) is 1. The first-order chi connectivity index (χ1) is 15.9. The number of carboxylic acid groups (broad SMARTS) is 1. The lowest BCUT2D eigenvalue weighted by Crippen LogP contribution is -2.41. The van der Waals surface area contributed by atoms with Crippen LogP contribution in [0.1, 0.15) is 44.9 Å². The van der Waals surface area contributed by atoms with Crippen molar-refractivity contribution in [2.75, 3.05) is 18.5 Å². The van der Waals surface area contributed by atoms with Crippen LogP contribution in [0.4, 0.5) is 10.6 Å². The molecule has 1 aliphatic carbocycles. The molecule has 1 saturated carbocycles. The molecule has 3 rings (SSSR count). The zero-order valence-corrected chi connectivity index (χ0v) is 18.5. The van der Waals surface area contributed by atoms with Gasteiger partial charge in [-0.15, -0.1) is 0 Å². The van der Waals surface area contributed by atoms with E-state index >= 15 is 0 Å². The summed E-state index contributed by atoms with van der Waals surface area (Å²) in [7, 11) is 0. The molecule has 2 aromatic heterocycles. The van der Waals surface area contributed by atoms with Crippen molar-refractivity contribution in [3.63, 3.8) is 0 Å². The minimum Gasteiger partial charge on any atom is -0.480 e. The van der Waals surface area contributed by atoms with Crippen molar-refractivity contribution in [3.8, 4) is 0 Å². The number of hydrogen-bond donors (Lipinski definition) is 6. The summed E-state index contributed by atoms with van der Waals surface area (Å²) in [6.45, 7) is 1.27. The number of unbranched alkanes of at least 4 members (excludes halogenated alkanes) is 2. The Hall–Kier alpha value is -3.64. The molecule has 2 heterocycles. The third-order valence-electron chi connectivity index (χ3n) is 5.19. The molecule has 1 amide bonds. The average molecular weight is 463 g/mol. The second-order valence-corrected chi connectivity index (χ2v) is 7.99. The molecule has 8 N–H and O–H groups in total. The van der Waals surface area contributed by atoms with Crippen molar-refractivity contribution in [2.45, 2.75) is 63.6 Å². The van der Waals surface area contributed by atoms with Crippen molar-refractivity contribution >= 4 is 35.0 Å². The number of nitrogens with zero attached hydrogens (tertiary/aromatic N) is 4. The van der Waals surface area contributed by atoms with Gasteiger partial charge in [-0.1, -0.05) is 4.98 Å². The number of aliphatic carboxylic acids is 1. The lowest BCUT2D eigenvalue weighted by molar-refractivity contribution is -0.673. The second kappa shape index (κ2) is 11.8. The van der Waals surface area contributed by atoms with E-state index in [-0.39, 0.29) is 19.0 Å². The number of rotatable bonds is 14. The molecule has 0 unspecified atom stereocenters. The summed E-state index contributed by atoms with van der Waals surface area (Å²) in [5.41, 5.74) is 12.2. The fourth-order valence-corrected chi connectivity index (χ4v) is 3.30. The maximum atomic E-state index is 11.9. The molecular formula is C20H32N9O4+. The number of H-pyrrole nitrogens is 1. The highest BCUT2D eigenvalue weighted by atomic mass is 16.5. The van der Waals surface area contributed by atoms with E-state index in [2.05, 4.69) is 30.6 Å². The molecule has 0 bridgehead atoms. The van der Waals surface area contributed by atoms with E-state index in [9.17, 15) is 14.7 Å². The highest BCUT2D eigenvalue weighted by Crippen LogP contribution is 2.25. The van der Waals surface area contributed by atoms with Crippen molar-refractivity contribution < 1.29 is 24.0 Å². The van der Waals surface area contributed by atoms with E-state index in [4.69, 9.17) is 16.2 Å². The molecule has 0 radical (unpaired) electrons. The van der Waals surface area contributed by atoms with Gasteiger partial charge in [-0.2, -0.15) is 4.98 Å². The topological polar surface area (TPSA) is 198 Å². The van der Waals surface area contributed by atoms with Crippen LogP contribution < -0.4 is 26.7 Å². The van der Waals surface area contributed by atoms with Gasteiger partial charge >= 0.3 is 17.7 Å². The summed E-state index contributed by atoms with van der Waals surface area (Å²) in [5, 5.41) is 15.0. The Bertz CT molecular complexity index is 970. The summed E-state index contributed by atoms with van der Waals surface area (Å²) in [4.78, 5) is 38.9. The number of nitrogens with one attached hydrogen (secondary N) is 3. The smallest absolute Gasteiger partial charge is 0.407 e. The van der Waals surface area contributed by atoms with Crippen LogP contribution in [0.15, 0.2) is 17.6 Å². The third kappa shape index (κ3) is 7.77. The lowest BCUT2D eigenvalue weighted by atomic mass is 10.1. The van der Waals surface area contributed by atoms with E-state index in [1.807, 2.05) is 10.9 Å². The number of carbonyl (C=O) groups excluding carboxylic acids is 1. The standard InChI is InChI=1S/C20H31N9O4/c21-19(22)23-8-4-5-14(18(30)31)28-20(32)33-10-3-1-2-9-29-12-26-15-16(27-13-6-7-13)24-11-25-17(15)29/h11-14H,1-10H2,(H7,21,22,23,24,25,27,28,30,31,32)/p+1/t14-/m1/s1.